The van der Waals surface area contributed by atoms with Crippen LogP contribution in [0.1, 0.15) is 6.42 Å². The summed E-state index contributed by atoms with van der Waals surface area (Å²) in [5.74, 6) is -1.64. The van der Waals surface area contributed by atoms with Gasteiger partial charge in [0.25, 0.3) is 0 Å². The Hall–Kier alpha value is -1.99. The number of halogens is 2. The molecule has 7 heteroatoms. The fourth-order valence-corrected chi connectivity index (χ4v) is 3.07. The van der Waals surface area contributed by atoms with Gasteiger partial charge in [0.2, 0.25) is 0 Å². The first-order chi connectivity index (χ1) is 11.6. The quantitative estimate of drug-likeness (QED) is 0.903. The Morgan fingerprint density at radius 3 is 2.71 bits per heavy atom. The number of hydrogen-bond donors (Lipinski definition) is 1. The monoisotopic (exact) mass is 336 g/mol. The summed E-state index contributed by atoms with van der Waals surface area (Å²) in [6, 6.07) is 5.86. The van der Waals surface area contributed by atoms with Crippen LogP contribution < -0.4 is 4.90 Å². The molecule has 1 aliphatic rings. The standard InChI is InChI=1S/C17H22F2N4O/c18-16-4-3-14(11-17(16)19)22-7-2-6-21(9-10-22)12-15(24)13-23-8-1-5-20-23/h1,3-5,8,11,15,24H,2,6-7,9-10,12-13H2. The zero-order valence-electron chi connectivity index (χ0n) is 13.5. The van der Waals surface area contributed by atoms with E-state index in [0.29, 0.717) is 18.8 Å². The van der Waals surface area contributed by atoms with Gasteiger partial charge in [-0.2, -0.15) is 5.10 Å². The van der Waals surface area contributed by atoms with Crippen LogP contribution in [0.15, 0.2) is 36.7 Å². The molecule has 0 bridgehead atoms. The van der Waals surface area contributed by atoms with Crippen molar-refractivity contribution in [2.24, 2.45) is 0 Å². The first-order valence-electron chi connectivity index (χ1n) is 8.19. The maximum absolute atomic E-state index is 13.4. The van der Waals surface area contributed by atoms with Crippen molar-refractivity contribution in [2.75, 3.05) is 37.6 Å². The number of anilines is 1. The Morgan fingerprint density at radius 2 is 1.96 bits per heavy atom. The minimum Gasteiger partial charge on any atom is -0.390 e. The highest BCUT2D eigenvalue weighted by molar-refractivity contribution is 5.46. The van der Waals surface area contributed by atoms with E-state index < -0.39 is 17.7 Å². The second kappa shape index (κ2) is 7.72. The molecule has 0 amide bonds. The molecule has 5 nitrogen and oxygen atoms in total. The number of benzene rings is 1. The number of aliphatic hydroxyl groups excluding tert-OH is 1. The summed E-state index contributed by atoms with van der Waals surface area (Å²) in [5.41, 5.74) is 0.702. The van der Waals surface area contributed by atoms with Crippen molar-refractivity contribution in [1.29, 1.82) is 0 Å². The first-order valence-corrected chi connectivity index (χ1v) is 8.19. The average molecular weight is 336 g/mol. The molecule has 1 saturated heterocycles. The highest BCUT2D eigenvalue weighted by Gasteiger charge is 2.18. The zero-order chi connectivity index (χ0) is 16.9. The Balaban J connectivity index is 1.53. The maximum Gasteiger partial charge on any atom is 0.160 e. The third-order valence-corrected chi connectivity index (χ3v) is 4.28. The molecule has 0 radical (unpaired) electrons. The lowest BCUT2D eigenvalue weighted by Crippen LogP contribution is -2.37. The normalized spacial score (nSPS) is 17.7. The van der Waals surface area contributed by atoms with Crippen molar-refractivity contribution in [3.63, 3.8) is 0 Å². The molecule has 130 valence electrons. The summed E-state index contributed by atoms with van der Waals surface area (Å²) in [6.07, 6.45) is 3.95. The number of nitrogens with zero attached hydrogens (tertiary/aromatic N) is 4. The predicted molar refractivity (Wildman–Crippen MR) is 87.9 cm³/mol. The third-order valence-electron chi connectivity index (χ3n) is 4.28. The molecule has 2 aromatic rings. The molecule has 1 fully saturated rings. The lowest BCUT2D eigenvalue weighted by Gasteiger charge is -2.25. The molecule has 1 N–H and O–H groups in total. The van der Waals surface area contributed by atoms with Crippen LogP contribution in [0.3, 0.4) is 0 Å². The third kappa shape index (κ3) is 4.30. The lowest BCUT2D eigenvalue weighted by atomic mass is 10.2. The molecule has 1 aromatic carbocycles. The van der Waals surface area contributed by atoms with Crippen LogP contribution in [0.25, 0.3) is 0 Å². The summed E-state index contributed by atoms with van der Waals surface area (Å²) in [7, 11) is 0. The largest absolute Gasteiger partial charge is 0.390 e. The van der Waals surface area contributed by atoms with Crippen LogP contribution in [0.2, 0.25) is 0 Å². The topological polar surface area (TPSA) is 44.5 Å². The highest BCUT2D eigenvalue weighted by atomic mass is 19.2. The molecule has 1 aromatic heterocycles. The molecule has 0 saturated carbocycles. The Kier molecular flexibility index (Phi) is 5.42. The van der Waals surface area contributed by atoms with E-state index in [1.807, 2.05) is 12.3 Å². The Bertz CT molecular complexity index is 650. The summed E-state index contributed by atoms with van der Waals surface area (Å²) in [5, 5.41) is 14.3. The van der Waals surface area contributed by atoms with E-state index in [1.165, 1.54) is 12.1 Å². The minimum absolute atomic E-state index is 0.469. The zero-order valence-corrected chi connectivity index (χ0v) is 13.5. The SMILES string of the molecule is OC(CN1CCCN(c2ccc(F)c(F)c2)CC1)Cn1cccn1. The van der Waals surface area contributed by atoms with Gasteiger partial charge >= 0.3 is 0 Å². The smallest absolute Gasteiger partial charge is 0.160 e. The van der Waals surface area contributed by atoms with Crippen LogP contribution in [-0.4, -0.2) is 58.6 Å². The fraction of sp³-hybridized carbons (Fsp3) is 0.471. The van der Waals surface area contributed by atoms with Crippen molar-refractivity contribution in [3.8, 4) is 0 Å². The molecule has 1 aliphatic heterocycles. The van der Waals surface area contributed by atoms with Gasteiger partial charge in [-0.25, -0.2) is 8.78 Å². The van der Waals surface area contributed by atoms with Gasteiger partial charge in [0.1, 0.15) is 0 Å². The number of aliphatic hydroxyl groups is 1. The summed E-state index contributed by atoms with van der Waals surface area (Å²) in [4.78, 5) is 4.26. The van der Waals surface area contributed by atoms with Gasteiger partial charge in [0.05, 0.1) is 12.6 Å². The van der Waals surface area contributed by atoms with E-state index in [4.69, 9.17) is 0 Å². The molecule has 2 heterocycles. The van der Waals surface area contributed by atoms with Crippen LogP contribution in [0.4, 0.5) is 14.5 Å². The average Bonchev–Trinajstić information content (AvgIpc) is 2.95. The van der Waals surface area contributed by atoms with E-state index in [2.05, 4.69) is 14.9 Å². The van der Waals surface area contributed by atoms with E-state index >= 15 is 0 Å². The van der Waals surface area contributed by atoms with Gasteiger partial charge < -0.3 is 10.0 Å². The first kappa shape index (κ1) is 16.9. The van der Waals surface area contributed by atoms with Gasteiger partial charge in [-0.3, -0.25) is 9.58 Å². The fourth-order valence-electron chi connectivity index (χ4n) is 3.07. The van der Waals surface area contributed by atoms with Crippen molar-refractivity contribution in [1.82, 2.24) is 14.7 Å². The highest BCUT2D eigenvalue weighted by Crippen LogP contribution is 2.19. The molecule has 0 aliphatic carbocycles. The molecule has 1 unspecified atom stereocenters. The van der Waals surface area contributed by atoms with Crippen molar-refractivity contribution in [3.05, 3.63) is 48.3 Å². The lowest BCUT2D eigenvalue weighted by molar-refractivity contribution is 0.0980. The molecule has 24 heavy (non-hydrogen) atoms. The number of rotatable bonds is 5. The van der Waals surface area contributed by atoms with Gasteiger partial charge in [0, 0.05) is 50.3 Å². The van der Waals surface area contributed by atoms with Crippen LogP contribution in [0, 0.1) is 11.6 Å². The van der Waals surface area contributed by atoms with E-state index in [0.717, 1.165) is 32.6 Å². The van der Waals surface area contributed by atoms with Crippen molar-refractivity contribution >= 4 is 5.69 Å². The molecular weight excluding hydrogens is 314 g/mol. The second-order valence-electron chi connectivity index (χ2n) is 6.12. The van der Waals surface area contributed by atoms with Crippen molar-refractivity contribution < 1.29 is 13.9 Å². The summed E-state index contributed by atoms with van der Waals surface area (Å²) in [6.45, 7) is 4.20. The summed E-state index contributed by atoms with van der Waals surface area (Å²) < 4.78 is 28.2. The predicted octanol–water partition coefficient (Wildman–Crippen LogP) is 1.73. The van der Waals surface area contributed by atoms with Gasteiger partial charge in [-0.1, -0.05) is 0 Å². The Labute approximate surface area is 140 Å². The second-order valence-corrected chi connectivity index (χ2v) is 6.12. The Morgan fingerprint density at radius 1 is 1.08 bits per heavy atom. The van der Waals surface area contributed by atoms with E-state index in [9.17, 15) is 13.9 Å². The number of hydrogen-bond acceptors (Lipinski definition) is 4. The van der Waals surface area contributed by atoms with Crippen LogP contribution in [0.5, 0.6) is 0 Å². The van der Waals surface area contributed by atoms with Crippen molar-refractivity contribution in [2.45, 2.75) is 19.1 Å². The molecule has 1 atom stereocenters. The molecule has 0 spiro atoms. The van der Waals surface area contributed by atoms with Crippen LogP contribution in [-0.2, 0) is 6.54 Å². The van der Waals surface area contributed by atoms with Gasteiger partial charge in [-0.15, -0.1) is 0 Å². The van der Waals surface area contributed by atoms with Crippen LogP contribution >= 0.6 is 0 Å². The number of aromatic nitrogens is 2. The van der Waals surface area contributed by atoms with Gasteiger partial charge in [0.15, 0.2) is 11.6 Å². The molecular formula is C17H22F2N4O. The maximum atomic E-state index is 13.4. The minimum atomic E-state index is -0.822. The molecule has 3 rings (SSSR count). The van der Waals surface area contributed by atoms with E-state index in [-0.39, 0.29) is 0 Å². The number of β-amino-alcohol motifs (C(OH)–C–C–N with tert-alkyl or cyclic N) is 1. The van der Waals surface area contributed by atoms with E-state index in [1.54, 1.807) is 16.9 Å². The van der Waals surface area contributed by atoms with Gasteiger partial charge in [-0.05, 0) is 31.2 Å². The summed E-state index contributed by atoms with van der Waals surface area (Å²) >= 11 is 0.